The van der Waals surface area contributed by atoms with Crippen molar-refractivity contribution in [1.29, 1.82) is 0 Å². The Morgan fingerprint density at radius 3 is 2.56 bits per heavy atom. The molecule has 0 aliphatic carbocycles. The summed E-state index contributed by atoms with van der Waals surface area (Å²) in [6.45, 7) is 1.72. The van der Waals surface area contributed by atoms with Crippen LogP contribution in [0.15, 0.2) is 22.9 Å². The van der Waals surface area contributed by atoms with Crippen molar-refractivity contribution < 1.29 is 9.90 Å². The molecule has 1 rings (SSSR count). The number of nitrogen functional groups attached to an aromatic ring is 2. The first kappa shape index (κ1) is 12.3. The van der Waals surface area contributed by atoms with Gasteiger partial charge >= 0.3 is 5.97 Å². The van der Waals surface area contributed by atoms with Crippen molar-refractivity contribution in [3.05, 3.63) is 17.7 Å². The molecule has 1 heterocycles. The van der Waals surface area contributed by atoms with E-state index in [2.05, 4.69) is 9.97 Å². The third kappa shape index (κ3) is 4.18. The number of carboxylic acid groups (broad SMARTS) is 1. The van der Waals surface area contributed by atoms with Gasteiger partial charge in [-0.2, -0.15) is 0 Å². The molecule has 0 aliphatic heterocycles. The molecule has 0 amide bonds. The fraction of sp³-hybridized carbons (Fsp3) is 0.222. The lowest BCUT2D eigenvalue weighted by atomic mass is 10.3. The van der Waals surface area contributed by atoms with Crippen LogP contribution in [-0.2, 0) is 4.79 Å². The van der Waals surface area contributed by atoms with E-state index < -0.39 is 5.97 Å². The normalized spacial score (nSPS) is 11.4. The number of nitrogens with zero attached hydrogens (tertiary/aromatic N) is 2. The van der Waals surface area contributed by atoms with Crippen molar-refractivity contribution in [3.63, 3.8) is 0 Å². The van der Waals surface area contributed by atoms with E-state index in [9.17, 15) is 4.79 Å². The minimum atomic E-state index is -0.967. The van der Waals surface area contributed by atoms with Crippen molar-refractivity contribution in [2.24, 2.45) is 0 Å². The van der Waals surface area contributed by atoms with E-state index in [1.807, 2.05) is 0 Å². The van der Waals surface area contributed by atoms with Crippen LogP contribution in [0, 0.1) is 0 Å². The molecule has 0 fully saturated rings. The Hall–Kier alpha value is -1.76. The maximum absolute atomic E-state index is 10.4. The molecular formula is C9H12N4O2S. The molecule has 1 aromatic rings. The summed E-state index contributed by atoms with van der Waals surface area (Å²) in [7, 11) is 0. The van der Waals surface area contributed by atoms with Crippen LogP contribution in [0.5, 0.6) is 0 Å². The molecule has 0 bridgehead atoms. The fourth-order valence-electron chi connectivity index (χ4n) is 0.957. The maximum atomic E-state index is 10.4. The highest BCUT2D eigenvalue weighted by atomic mass is 32.2. The molecule has 16 heavy (non-hydrogen) atoms. The molecule has 5 N–H and O–H groups in total. The van der Waals surface area contributed by atoms with Gasteiger partial charge in [-0.25, -0.2) is 14.8 Å². The van der Waals surface area contributed by atoms with Gasteiger partial charge in [-0.3, -0.25) is 0 Å². The third-order valence-electron chi connectivity index (χ3n) is 1.54. The van der Waals surface area contributed by atoms with E-state index in [1.54, 1.807) is 6.92 Å². The average molecular weight is 240 g/mol. The highest BCUT2D eigenvalue weighted by Gasteiger charge is 2.02. The van der Waals surface area contributed by atoms with Crippen molar-refractivity contribution in [2.45, 2.75) is 12.1 Å². The highest BCUT2D eigenvalue weighted by molar-refractivity contribution is 7.99. The summed E-state index contributed by atoms with van der Waals surface area (Å²) < 4.78 is 0. The lowest BCUT2D eigenvalue weighted by Crippen LogP contribution is -2.00. The smallest absolute Gasteiger partial charge is 0.328 e. The van der Waals surface area contributed by atoms with Gasteiger partial charge in [0.15, 0.2) is 5.16 Å². The van der Waals surface area contributed by atoms with Crippen LogP contribution < -0.4 is 11.5 Å². The standard InChI is InChI=1S/C9H12N4O2S/c1-5(2-8(14)15)4-16-9-12-6(10)3-7(11)13-9/h2-3H,4H2,1H3,(H,14,15)(H4,10,11,12,13). The number of thioether (sulfide) groups is 1. The summed E-state index contributed by atoms with van der Waals surface area (Å²) in [4.78, 5) is 18.3. The zero-order valence-corrected chi connectivity index (χ0v) is 9.49. The van der Waals surface area contributed by atoms with Gasteiger partial charge in [0.2, 0.25) is 0 Å². The van der Waals surface area contributed by atoms with Gasteiger partial charge in [0, 0.05) is 17.9 Å². The number of rotatable bonds is 4. The third-order valence-corrected chi connectivity index (χ3v) is 2.58. The monoisotopic (exact) mass is 240 g/mol. The van der Waals surface area contributed by atoms with Gasteiger partial charge in [-0.1, -0.05) is 17.3 Å². The number of aliphatic carboxylic acids is 1. The van der Waals surface area contributed by atoms with Crippen LogP contribution in [0.2, 0.25) is 0 Å². The molecule has 86 valence electrons. The number of carboxylic acids is 1. The second kappa shape index (κ2) is 5.36. The quantitative estimate of drug-likeness (QED) is 0.404. The van der Waals surface area contributed by atoms with Crippen LogP contribution in [0.4, 0.5) is 11.6 Å². The Balaban J connectivity index is 2.64. The minimum Gasteiger partial charge on any atom is -0.478 e. The summed E-state index contributed by atoms with van der Waals surface area (Å²) in [5, 5.41) is 8.95. The Kier molecular flexibility index (Phi) is 4.12. The number of nitrogens with two attached hydrogens (primary N) is 2. The average Bonchev–Trinajstić information content (AvgIpc) is 2.12. The van der Waals surface area contributed by atoms with Gasteiger partial charge in [-0.05, 0) is 6.92 Å². The van der Waals surface area contributed by atoms with Gasteiger partial charge in [0.1, 0.15) is 11.6 Å². The number of anilines is 2. The van der Waals surface area contributed by atoms with Crippen LogP contribution in [0.25, 0.3) is 0 Å². The van der Waals surface area contributed by atoms with Gasteiger partial charge in [0.25, 0.3) is 0 Å². The van der Waals surface area contributed by atoms with Crippen LogP contribution in [-0.4, -0.2) is 26.8 Å². The summed E-state index contributed by atoms with van der Waals surface area (Å²) in [5.74, 6) is 0.116. The first-order chi connectivity index (χ1) is 7.47. The number of carbonyl (C=O) groups is 1. The largest absolute Gasteiger partial charge is 0.478 e. The van der Waals surface area contributed by atoms with E-state index in [-0.39, 0.29) is 0 Å². The van der Waals surface area contributed by atoms with Crippen LogP contribution in [0.1, 0.15) is 6.92 Å². The lowest BCUT2D eigenvalue weighted by Gasteiger charge is -2.02. The molecule has 0 aromatic carbocycles. The van der Waals surface area contributed by atoms with E-state index in [0.29, 0.717) is 28.1 Å². The summed E-state index contributed by atoms with van der Waals surface area (Å²) in [6.07, 6.45) is 1.14. The predicted molar refractivity (Wildman–Crippen MR) is 63.0 cm³/mol. The second-order valence-corrected chi connectivity index (χ2v) is 4.06. The second-order valence-electron chi connectivity index (χ2n) is 3.12. The first-order valence-corrected chi connectivity index (χ1v) is 5.39. The molecule has 0 radical (unpaired) electrons. The van der Waals surface area contributed by atoms with Gasteiger partial charge in [0.05, 0.1) is 0 Å². The van der Waals surface area contributed by atoms with E-state index in [0.717, 1.165) is 6.08 Å². The van der Waals surface area contributed by atoms with E-state index in [4.69, 9.17) is 16.6 Å². The Bertz CT molecular complexity index is 413. The zero-order valence-electron chi connectivity index (χ0n) is 8.67. The molecule has 6 nitrogen and oxygen atoms in total. The molecule has 0 saturated heterocycles. The van der Waals surface area contributed by atoms with Crippen molar-refractivity contribution in [2.75, 3.05) is 17.2 Å². The Labute approximate surface area is 96.8 Å². The molecule has 0 saturated carbocycles. The number of hydrogen-bond acceptors (Lipinski definition) is 6. The Morgan fingerprint density at radius 1 is 1.50 bits per heavy atom. The van der Waals surface area contributed by atoms with Gasteiger partial charge < -0.3 is 16.6 Å². The molecule has 1 aromatic heterocycles. The molecular weight excluding hydrogens is 228 g/mol. The fourth-order valence-corrected chi connectivity index (χ4v) is 1.74. The van der Waals surface area contributed by atoms with Gasteiger partial charge in [-0.15, -0.1) is 0 Å². The minimum absolute atomic E-state index is 0.301. The molecule has 0 spiro atoms. The molecule has 0 unspecified atom stereocenters. The first-order valence-electron chi connectivity index (χ1n) is 4.40. The van der Waals surface area contributed by atoms with E-state index >= 15 is 0 Å². The topological polar surface area (TPSA) is 115 Å². The summed E-state index contributed by atoms with van der Waals surface area (Å²) in [5.41, 5.74) is 11.7. The van der Waals surface area contributed by atoms with Crippen LogP contribution >= 0.6 is 11.8 Å². The summed E-state index contributed by atoms with van der Waals surface area (Å²) >= 11 is 1.28. The lowest BCUT2D eigenvalue weighted by molar-refractivity contribution is -0.131. The molecule has 7 heteroatoms. The number of hydrogen-bond donors (Lipinski definition) is 3. The Morgan fingerprint density at radius 2 is 2.06 bits per heavy atom. The zero-order chi connectivity index (χ0) is 12.1. The van der Waals surface area contributed by atoms with Crippen molar-refractivity contribution in [3.8, 4) is 0 Å². The van der Waals surface area contributed by atoms with Crippen molar-refractivity contribution >= 4 is 29.4 Å². The van der Waals surface area contributed by atoms with E-state index in [1.165, 1.54) is 17.8 Å². The number of aromatic nitrogens is 2. The predicted octanol–water partition coefficient (Wildman–Crippen LogP) is 0.764. The maximum Gasteiger partial charge on any atom is 0.328 e. The van der Waals surface area contributed by atoms with Crippen molar-refractivity contribution in [1.82, 2.24) is 9.97 Å². The molecule has 0 atom stereocenters. The SMILES string of the molecule is CC(=CC(=O)O)CSc1nc(N)cc(N)n1. The van der Waals surface area contributed by atoms with Crippen LogP contribution in [0.3, 0.4) is 0 Å². The summed E-state index contributed by atoms with van der Waals surface area (Å²) in [6, 6.07) is 1.46. The molecule has 0 aliphatic rings. The highest BCUT2D eigenvalue weighted by Crippen LogP contribution is 2.18.